The normalized spacial score (nSPS) is 25.5. The van der Waals surface area contributed by atoms with Crippen LogP contribution in [0.5, 0.6) is 11.5 Å². The minimum absolute atomic E-state index is 0.104. The van der Waals surface area contributed by atoms with Gasteiger partial charge in [-0.05, 0) is 73.1 Å². The van der Waals surface area contributed by atoms with E-state index in [1.807, 2.05) is 0 Å². The number of nitrogens with zero attached hydrogens (tertiary/aromatic N) is 2. The molecule has 17 heteroatoms. The third-order valence-electron chi connectivity index (χ3n) is 10.5. The van der Waals surface area contributed by atoms with Crippen molar-refractivity contribution in [1.29, 1.82) is 0 Å². The fraction of sp³-hybridized carbons (Fsp3) is 0.333. The largest absolute Gasteiger partial charge is 0.490 e. The Bertz CT molecular complexity index is 2220. The van der Waals surface area contributed by atoms with E-state index in [1.54, 1.807) is 25.1 Å². The van der Waals surface area contributed by atoms with Crippen molar-refractivity contribution in [3.63, 3.8) is 0 Å². The summed E-state index contributed by atoms with van der Waals surface area (Å²) in [6.45, 7) is 1.38. The molecule has 3 heterocycles. The third-order valence-corrected chi connectivity index (χ3v) is 13.1. The number of para-hydroxylation sites is 1. The lowest BCUT2D eigenvalue weighted by molar-refractivity contribution is -0.384. The van der Waals surface area contributed by atoms with Gasteiger partial charge in [0, 0.05) is 28.2 Å². The number of aromatic nitrogens is 1. The molecule has 2 aliphatic heterocycles. The van der Waals surface area contributed by atoms with Gasteiger partial charge in [-0.1, -0.05) is 29.5 Å². The lowest BCUT2D eigenvalue weighted by atomic mass is 9.68. The van der Waals surface area contributed by atoms with E-state index in [9.17, 15) is 42.5 Å². The van der Waals surface area contributed by atoms with Crippen LogP contribution < -0.4 is 24.6 Å². The zero-order valence-electron chi connectivity index (χ0n) is 27.6. The summed E-state index contributed by atoms with van der Waals surface area (Å²) in [5, 5.41) is 14.1. The van der Waals surface area contributed by atoms with Crippen LogP contribution in [-0.2, 0) is 20.6 Å². The number of rotatable bonds is 9. The second kappa shape index (κ2) is 13.1. The number of nitro benzene ring substituents is 1. The summed E-state index contributed by atoms with van der Waals surface area (Å²) in [5.41, 5.74) is -0.491. The van der Waals surface area contributed by atoms with Crippen LogP contribution in [0.4, 0.5) is 30.2 Å². The highest BCUT2D eigenvalue weighted by Gasteiger charge is 2.69. The zero-order valence-corrected chi connectivity index (χ0v) is 29.3. The fourth-order valence-corrected chi connectivity index (χ4v) is 11.5. The van der Waals surface area contributed by atoms with E-state index in [4.69, 9.17) is 9.47 Å². The molecule has 8 rings (SSSR count). The molecule has 53 heavy (non-hydrogen) atoms. The Kier molecular flexibility index (Phi) is 8.59. The second-order valence-corrected chi connectivity index (χ2v) is 15.5. The molecule has 12 nitrogen and oxygen atoms in total. The predicted octanol–water partition coefficient (Wildman–Crippen LogP) is 6.46. The predicted molar refractivity (Wildman–Crippen MR) is 187 cm³/mol. The number of nitrogens with one attached hydrogen (secondary N) is 2. The number of fused-ring (bicyclic) bond motifs is 9. The first-order valence-corrected chi connectivity index (χ1v) is 18.4. The van der Waals surface area contributed by atoms with E-state index in [-0.39, 0.29) is 75.1 Å². The van der Waals surface area contributed by atoms with Crippen molar-refractivity contribution >= 4 is 57.9 Å². The first kappa shape index (κ1) is 34.9. The number of H-pyrrole nitrogens is 1. The molecular formula is C36H29F3N4O8S2. The average Bonchev–Trinajstić information content (AvgIpc) is 3.86. The molecule has 4 aliphatic rings. The number of imide groups is 1. The Morgan fingerprint density at radius 3 is 2.42 bits per heavy atom. The average molecular weight is 767 g/mol. The SMILES string of the molecule is CCOc1cc([C@@H]2c3sc(=O)[nH]c3S[C@@H]3[C@@H]4C[C@@H]([C@@H]5C(=O)N(c6ccc([N+](=O)[O-])cc6)C(=O)[C@@H]45)[C@H]23)ccc1OCC(=O)Nc1ccccc1C(F)(F)F. The number of carbonyl (C=O) groups is 3. The van der Waals surface area contributed by atoms with Crippen LogP contribution in [0.25, 0.3) is 0 Å². The number of benzene rings is 3. The van der Waals surface area contributed by atoms with E-state index in [0.29, 0.717) is 11.4 Å². The highest BCUT2D eigenvalue weighted by Crippen LogP contribution is 2.69. The summed E-state index contributed by atoms with van der Waals surface area (Å²) >= 11 is 2.61. The van der Waals surface area contributed by atoms with Gasteiger partial charge < -0.3 is 19.8 Å². The summed E-state index contributed by atoms with van der Waals surface area (Å²) in [6.07, 6.45) is -4.02. The first-order chi connectivity index (χ1) is 25.3. The van der Waals surface area contributed by atoms with Gasteiger partial charge in [0.25, 0.3) is 11.6 Å². The van der Waals surface area contributed by atoms with Gasteiger partial charge in [0.05, 0.1) is 45.3 Å². The van der Waals surface area contributed by atoms with Gasteiger partial charge >= 0.3 is 11.0 Å². The molecule has 1 saturated heterocycles. The van der Waals surface area contributed by atoms with Crippen molar-refractivity contribution in [2.75, 3.05) is 23.4 Å². The van der Waals surface area contributed by atoms with Gasteiger partial charge in [0.2, 0.25) is 11.8 Å². The van der Waals surface area contributed by atoms with Crippen LogP contribution in [0.15, 0.2) is 76.6 Å². The lowest BCUT2D eigenvalue weighted by Gasteiger charge is -2.43. The summed E-state index contributed by atoms with van der Waals surface area (Å²) in [6, 6.07) is 15.1. The van der Waals surface area contributed by atoms with Crippen molar-refractivity contribution in [2.24, 2.45) is 29.6 Å². The minimum atomic E-state index is -4.67. The number of thioether (sulfide) groups is 1. The molecule has 1 aromatic heterocycles. The molecule has 2 N–H and O–H groups in total. The molecule has 2 saturated carbocycles. The summed E-state index contributed by atoms with van der Waals surface area (Å²) in [4.78, 5) is 68.7. The maximum absolute atomic E-state index is 14.1. The summed E-state index contributed by atoms with van der Waals surface area (Å²) in [5.74, 6) is -3.03. The number of hydrogen-bond donors (Lipinski definition) is 2. The number of thiazole rings is 1. The zero-order chi connectivity index (χ0) is 37.3. The Hall–Kier alpha value is -5.16. The van der Waals surface area contributed by atoms with E-state index >= 15 is 0 Å². The molecule has 0 unspecified atom stereocenters. The van der Waals surface area contributed by atoms with Crippen LogP contribution in [0.3, 0.4) is 0 Å². The molecule has 3 fully saturated rings. The molecule has 7 atom stereocenters. The van der Waals surface area contributed by atoms with E-state index in [0.717, 1.165) is 38.8 Å². The van der Waals surface area contributed by atoms with Gasteiger partial charge in [-0.3, -0.25) is 34.2 Å². The maximum Gasteiger partial charge on any atom is 0.418 e. The molecule has 0 spiro atoms. The number of alkyl halides is 3. The topological polar surface area (TPSA) is 161 Å². The van der Waals surface area contributed by atoms with E-state index < -0.39 is 46.7 Å². The van der Waals surface area contributed by atoms with Crippen LogP contribution in [0, 0.1) is 39.7 Å². The molecule has 2 bridgehead atoms. The molecule has 3 amide bonds. The van der Waals surface area contributed by atoms with E-state index in [2.05, 4.69) is 10.3 Å². The number of halogens is 3. The standard InChI is InChI=1S/C36H29F3N4O8S2/c1-2-50-24-13-16(7-12-23(24)51-15-25(44)40-22-6-4-3-5-21(22)36(37,38)39)26-27-19-14-20(30(27)52-32-31(26)53-35(47)41-32)29-28(19)33(45)42(34(29)46)17-8-10-18(11-9-17)43(48)49/h3-13,19-20,26-30H,2,14-15H2,1H3,(H,40,44)(H,41,47)/t19-,20-,26+,27-,28+,29+,30-/m1/s1. The molecule has 0 radical (unpaired) electrons. The Morgan fingerprint density at radius 2 is 1.72 bits per heavy atom. The lowest BCUT2D eigenvalue weighted by Crippen LogP contribution is -2.42. The van der Waals surface area contributed by atoms with Crippen LogP contribution in [-0.4, -0.2) is 46.1 Å². The number of ether oxygens (including phenoxy) is 2. The molecule has 4 aromatic rings. The van der Waals surface area contributed by atoms with Gasteiger partial charge in [0.15, 0.2) is 18.1 Å². The van der Waals surface area contributed by atoms with Gasteiger partial charge in [-0.2, -0.15) is 13.2 Å². The summed E-state index contributed by atoms with van der Waals surface area (Å²) in [7, 11) is 0. The molecule has 3 aromatic carbocycles. The number of carbonyl (C=O) groups excluding carboxylic acids is 3. The van der Waals surface area contributed by atoms with Crippen LogP contribution in [0.2, 0.25) is 0 Å². The Balaban J connectivity index is 1.08. The van der Waals surface area contributed by atoms with Crippen LogP contribution in [0.1, 0.15) is 35.3 Å². The minimum Gasteiger partial charge on any atom is -0.490 e. The summed E-state index contributed by atoms with van der Waals surface area (Å²) < 4.78 is 52.0. The highest BCUT2D eigenvalue weighted by atomic mass is 32.2. The number of aromatic amines is 1. The number of anilines is 2. The molecular weight excluding hydrogens is 738 g/mol. The first-order valence-electron chi connectivity index (χ1n) is 16.7. The van der Waals surface area contributed by atoms with Crippen molar-refractivity contribution < 1.29 is 42.0 Å². The maximum atomic E-state index is 14.1. The molecule has 274 valence electrons. The quantitative estimate of drug-likeness (QED) is 0.111. The molecule has 2 aliphatic carbocycles. The van der Waals surface area contributed by atoms with Crippen LogP contribution >= 0.6 is 23.1 Å². The Labute approximate surface area is 306 Å². The number of hydrogen-bond acceptors (Lipinski definition) is 10. The number of amides is 3. The number of non-ortho nitro benzene ring substituents is 1. The number of nitro groups is 1. The van der Waals surface area contributed by atoms with Gasteiger partial charge in [-0.25, -0.2) is 0 Å². The fourth-order valence-electron chi connectivity index (χ4n) is 8.64. The highest BCUT2D eigenvalue weighted by molar-refractivity contribution is 8.00. The second-order valence-electron chi connectivity index (χ2n) is 13.3. The van der Waals surface area contributed by atoms with Crippen molar-refractivity contribution in [1.82, 2.24) is 4.98 Å². The third kappa shape index (κ3) is 5.85. The smallest absolute Gasteiger partial charge is 0.418 e. The van der Waals surface area contributed by atoms with Crippen molar-refractivity contribution in [2.45, 2.75) is 35.7 Å². The van der Waals surface area contributed by atoms with Gasteiger partial charge in [0.1, 0.15) is 0 Å². The van der Waals surface area contributed by atoms with Gasteiger partial charge in [-0.15, -0.1) is 11.8 Å². The Morgan fingerprint density at radius 1 is 1.00 bits per heavy atom. The monoisotopic (exact) mass is 766 g/mol. The van der Waals surface area contributed by atoms with E-state index in [1.165, 1.54) is 48.2 Å². The van der Waals surface area contributed by atoms with Crippen molar-refractivity contribution in [3.8, 4) is 11.5 Å². The van der Waals surface area contributed by atoms with Crippen molar-refractivity contribution in [3.05, 3.63) is 103 Å².